The monoisotopic (exact) mass is 394 g/mol. The molecule has 0 bridgehead atoms. The highest BCUT2D eigenvalue weighted by molar-refractivity contribution is 9.10. The maximum absolute atomic E-state index is 13.2. The summed E-state index contributed by atoms with van der Waals surface area (Å²) in [5.74, 6) is 0.438. The number of halogens is 4. The third-order valence-corrected chi connectivity index (χ3v) is 5.00. The summed E-state index contributed by atoms with van der Waals surface area (Å²) in [7, 11) is 0. The van der Waals surface area contributed by atoms with E-state index in [1.165, 1.54) is 12.1 Å². The van der Waals surface area contributed by atoms with Gasteiger partial charge in [0.05, 0.1) is 12.2 Å². The van der Waals surface area contributed by atoms with Crippen LogP contribution in [0, 0.1) is 5.92 Å². The van der Waals surface area contributed by atoms with Crippen LogP contribution in [0.3, 0.4) is 0 Å². The fraction of sp³-hybridized carbons (Fsp3) is 0.647. The van der Waals surface area contributed by atoms with Crippen LogP contribution in [0.4, 0.5) is 13.2 Å². The van der Waals surface area contributed by atoms with E-state index in [0.717, 1.165) is 38.5 Å². The molecule has 1 aliphatic carbocycles. The first-order chi connectivity index (χ1) is 10.8. The van der Waals surface area contributed by atoms with Gasteiger partial charge in [-0.3, -0.25) is 0 Å². The highest BCUT2D eigenvalue weighted by Crippen LogP contribution is 2.42. The number of aliphatic hydroxyl groups is 1. The van der Waals surface area contributed by atoms with Crippen molar-refractivity contribution in [3.63, 3.8) is 0 Å². The molecule has 1 aromatic carbocycles. The molecule has 0 amide bonds. The van der Waals surface area contributed by atoms with Gasteiger partial charge in [-0.15, -0.1) is 0 Å². The fourth-order valence-corrected chi connectivity index (χ4v) is 3.65. The van der Waals surface area contributed by atoms with Gasteiger partial charge in [-0.05, 0) is 63.5 Å². The molecule has 0 aliphatic heterocycles. The Balaban J connectivity index is 1.96. The molecular weight excluding hydrogens is 373 g/mol. The number of aliphatic hydroxyl groups excluding tert-OH is 1. The lowest BCUT2D eigenvalue weighted by Gasteiger charge is -2.30. The zero-order chi connectivity index (χ0) is 17.0. The van der Waals surface area contributed by atoms with E-state index in [9.17, 15) is 18.3 Å². The first kappa shape index (κ1) is 18.6. The van der Waals surface area contributed by atoms with Crippen molar-refractivity contribution in [2.45, 2.75) is 63.8 Å². The van der Waals surface area contributed by atoms with Gasteiger partial charge in [0, 0.05) is 4.47 Å². The van der Waals surface area contributed by atoms with Crippen molar-refractivity contribution in [3.8, 4) is 5.75 Å². The molecule has 0 radical (unpaired) electrons. The molecule has 1 aliphatic rings. The van der Waals surface area contributed by atoms with Crippen LogP contribution < -0.4 is 4.74 Å². The predicted octanol–water partition coefficient (Wildman–Crippen LogP) is 5.57. The molecule has 1 aromatic rings. The number of alkyl halides is 3. The van der Waals surface area contributed by atoms with Crippen LogP contribution in [0.5, 0.6) is 5.75 Å². The zero-order valence-electron chi connectivity index (χ0n) is 13.1. The average Bonchev–Trinajstić information content (AvgIpc) is 2.45. The molecule has 130 valence electrons. The maximum Gasteiger partial charge on any atom is 0.421 e. The second-order valence-electron chi connectivity index (χ2n) is 6.30. The highest BCUT2D eigenvalue weighted by atomic mass is 79.9. The van der Waals surface area contributed by atoms with Crippen LogP contribution in [0.25, 0.3) is 0 Å². The molecule has 6 heteroatoms. The molecule has 2 nitrogen and oxygen atoms in total. The first-order valence-electron chi connectivity index (χ1n) is 7.97. The lowest BCUT2D eigenvalue weighted by molar-refractivity contribution is -0.140. The Hall–Kier alpha value is -0.750. The van der Waals surface area contributed by atoms with Crippen LogP contribution in [-0.2, 0) is 6.18 Å². The molecule has 0 heterocycles. The fourth-order valence-electron chi connectivity index (χ4n) is 3.07. The Kier molecular flexibility index (Phi) is 6.37. The molecule has 23 heavy (non-hydrogen) atoms. The Morgan fingerprint density at radius 1 is 1.26 bits per heavy atom. The standard InChI is InChI=1S/C17H22BrF3O2/c1-11(22)5-6-12-7-9-13(10-8-12)23-15-4-2-3-14(18)16(15)17(19,20)21/h2-4,11-13,22H,5-10H2,1H3/t11-,12?,13?/m0/s1. The normalized spacial score (nSPS) is 23.6. The van der Waals surface area contributed by atoms with Crippen LogP contribution in [0.1, 0.15) is 51.0 Å². The third kappa shape index (κ3) is 5.38. The van der Waals surface area contributed by atoms with E-state index in [2.05, 4.69) is 15.9 Å². The van der Waals surface area contributed by atoms with E-state index in [0.29, 0.717) is 5.92 Å². The summed E-state index contributed by atoms with van der Waals surface area (Å²) in [4.78, 5) is 0. The van der Waals surface area contributed by atoms with Crippen molar-refractivity contribution in [3.05, 3.63) is 28.2 Å². The van der Waals surface area contributed by atoms with Gasteiger partial charge in [-0.25, -0.2) is 0 Å². The van der Waals surface area contributed by atoms with Crippen molar-refractivity contribution in [1.29, 1.82) is 0 Å². The summed E-state index contributed by atoms with van der Waals surface area (Å²) >= 11 is 2.97. The predicted molar refractivity (Wildman–Crippen MR) is 86.4 cm³/mol. The Morgan fingerprint density at radius 2 is 1.91 bits per heavy atom. The second kappa shape index (κ2) is 7.88. The SMILES string of the molecule is C[C@H](O)CCC1CCC(Oc2cccc(Br)c2C(F)(F)F)CC1. The van der Waals surface area contributed by atoms with Crippen molar-refractivity contribution >= 4 is 15.9 Å². The van der Waals surface area contributed by atoms with Gasteiger partial charge >= 0.3 is 6.18 Å². The van der Waals surface area contributed by atoms with Crippen molar-refractivity contribution in [1.82, 2.24) is 0 Å². The highest BCUT2D eigenvalue weighted by Gasteiger charge is 2.37. The summed E-state index contributed by atoms with van der Waals surface area (Å²) in [6.07, 6.45) is 0.231. The second-order valence-corrected chi connectivity index (χ2v) is 7.15. The van der Waals surface area contributed by atoms with Crippen LogP contribution in [0.15, 0.2) is 22.7 Å². The van der Waals surface area contributed by atoms with E-state index in [1.807, 2.05) is 0 Å². The Labute approximate surface area is 143 Å². The summed E-state index contributed by atoms with van der Waals surface area (Å²) < 4.78 is 45.2. The van der Waals surface area contributed by atoms with Gasteiger partial charge in [0.15, 0.2) is 0 Å². The van der Waals surface area contributed by atoms with Crippen LogP contribution in [0.2, 0.25) is 0 Å². The van der Waals surface area contributed by atoms with E-state index < -0.39 is 11.7 Å². The molecule has 1 fully saturated rings. The lowest BCUT2D eigenvalue weighted by atomic mass is 9.84. The summed E-state index contributed by atoms with van der Waals surface area (Å²) in [6, 6.07) is 4.32. The molecule has 0 saturated heterocycles. The van der Waals surface area contributed by atoms with Crippen molar-refractivity contribution < 1.29 is 23.0 Å². The van der Waals surface area contributed by atoms with Gasteiger partial charge < -0.3 is 9.84 Å². The number of hydrogen-bond donors (Lipinski definition) is 1. The quantitative estimate of drug-likeness (QED) is 0.707. The number of ether oxygens (including phenoxy) is 1. The zero-order valence-corrected chi connectivity index (χ0v) is 14.7. The topological polar surface area (TPSA) is 29.5 Å². The number of hydrogen-bond acceptors (Lipinski definition) is 2. The molecule has 2 rings (SSSR count). The number of rotatable bonds is 5. The molecular formula is C17H22BrF3O2. The lowest BCUT2D eigenvalue weighted by Crippen LogP contribution is -2.25. The first-order valence-corrected chi connectivity index (χ1v) is 8.77. The van der Waals surface area contributed by atoms with Gasteiger partial charge in [0.2, 0.25) is 0 Å². The molecule has 1 N–H and O–H groups in total. The molecule has 0 spiro atoms. The van der Waals surface area contributed by atoms with E-state index in [1.54, 1.807) is 13.0 Å². The van der Waals surface area contributed by atoms with Crippen LogP contribution in [-0.4, -0.2) is 17.3 Å². The van der Waals surface area contributed by atoms with Crippen molar-refractivity contribution in [2.75, 3.05) is 0 Å². The minimum Gasteiger partial charge on any atom is -0.490 e. The van der Waals surface area contributed by atoms with Crippen molar-refractivity contribution in [2.24, 2.45) is 5.92 Å². The molecule has 0 unspecified atom stereocenters. The minimum absolute atomic E-state index is 0.00752. The minimum atomic E-state index is -4.44. The van der Waals surface area contributed by atoms with E-state index in [4.69, 9.17) is 4.74 Å². The largest absolute Gasteiger partial charge is 0.490 e. The van der Waals surface area contributed by atoms with Crippen LogP contribution >= 0.6 is 15.9 Å². The molecule has 0 aromatic heterocycles. The maximum atomic E-state index is 13.2. The summed E-state index contributed by atoms with van der Waals surface area (Å²) in [5, 5.41) is 9.33. The molecule has 1 atom stereocenters. The third-order valence-electron chi connectivity index (χ3n) is 4.34. The molecule has 1 saturated carbocycles. The van der Waals surface area contributed by atoms with Gasteiger partial charge in [0.1, 0.15) is 11.3 Å². The van der Waals surface area contributed by atoms with Gasteiger partial charge in [-0.2, -0.15) is 13.2 Å². The van der Waals surface area contributed by atoms with E-state index in [-0.39, 0.29) is 22.4 Å². The summed E-state index contributed by atoms with van der Waals surface area (Å²) in [5.41, 5.74) is -0.740. The Morgan fingerprint density at radius 3 is 2.48 bits per heavy atom. The average molecular weight is 395 g/mol. The summed E-state index contributed by atoms with van der Waals surface area (Å²) in [6.45, 7) is 1.78. The smallest absolute Gasteiger partial charge is 0.421 e. The number of benzene rings is 1. The van der Waals surface area contributed by atoms with E-state index >= 15 is 0 Å². The Bertz CT molecular complexity index is 509. The van der Waals surface area contributed by atoms with Gasteiger partial charge in [-0.1, -0.05) is 22.0 Å². The van der Waals surface area contributed by atoms with Gasteiger partial charge in [0.25, 0.3) is 0 Å².